The molecule has 37 heavy (non-hydrogen) atoms. The van der Waals surface area contributed by atoms with Gasteiger partial charge in [0.05, 0.1) is 25.5 Å². The lowest BCUT2D eigenvalue weighted by Crippen LogP contribution is -2.39. The number of ether oxygens (including phenoxy) is 1. The first kappa shape index (κ1) is 24.8. The van der Waals surface area contributed by atoms with Crippen LogP contribution >= 0.6 is 0 Å². The average Bonchev–Trinajstić information content (AvgIpc) is 2.93. The minimum atomic E-state index is -0.225. The molecule has 11 nitrogen and oxygen atoms in total. The third-order valence-corrected chi connectivity index (χ3v) is 6.43. The van der Waals surface area contributed by atoms with Crippen molar-refractivity contribution < 1.29 is 9.53 Å². The fraction of sp³-hybridized carbons (Fsp3) is 0.423. The zero-order valence-electron chi connectivity index (χ0n) is 21.4. The Morgan fingerprint density at radius 3 is 2.51 bits per heavy atom. The minimum absolute atomic E-state index is 0.225. The number of rotatable bonds is 7. The molecule has 194 valence electrons. The molecule has 0 radical (unpaired) electrons. The topological polar surface area (TPSA) is 112 Å². The van der Waals surface area contributed by atoms with Gasteiger partial charge in [0.1, 0.15) is 5.82 Å². The number of carbonyl (C=O) groups excluding carboxylic acids is 1. The number of hydrogen-bond donors (Lipinski definition) is 2. The van der Waals surface area contributed by atoms with Gasteiger partial charge in [0.2, 0.25) is 5.95 Å². The number of nitrogens with one attached hydrogen (secondary N) is 2. The number of fused-ring (bicyclic) bond motifs is 1. The summed E-state index contributed by atoms with van der Waals surface area (Å²) in [6, 6.07) is 9.24. The van der Waals surface area contributed by atoms with Crippen molar-refractivity contribution in [2.45, 2.75) is 13.0 Å². The number of anilines is 3. The zero-order valence-corrected chi connectivity index (χ0v) is 21.4. The molecule has 2 amide bonds. The zero-order chi connectivity index (χ0) is 25.6. The fourth-order valence-corrected chi connectivity index (χ4v) is 4.47. The molecule has 0 atom stereocenters. The number of morpholine rings is 1. The Morgan fingerprint density at radius 1 is 1.03 bits per heavy atom. The minimum Gasteiger partial charge on any atom is -0.378 e. The van der Waals surface area contributed by atoms with E-state index in [-0.39, 0.29) is 6.03 Å². The number of urea groups is 1. The van der Waals surface area contributed by atoms with Crippen molar-refractivity contribution in [3.05, 3.63) is 54.0 Å². The van der Waals surface area contributed by atoms with Gasteiger partial charge in [0, 0.05) is 61.9 Å². The van der Waals surface area contributed by atoms with Gasteiger partial charge >= 0.3 is 6.03 Å². The molecule has 2 aromatic heterocycles. The van der Waals surface area contributed by atoms with Crippen LogP contribution in [0.5, 0.6) is 0 Å². The highest BCUT2D eigenvalue weighted by Gasteiger charge is 2.27. The Hall–Kier alpha value is -3.83. The second kappa shape index (κ2) is 11.5. The van der Waals surface area contributed by atoms with Gasteiger partial charge in [-0.1, -0.05) is 0 Å². The highest BCUT2D eigenvalue weighted by Crippen LogP contribution is 2.31. The number of hydrogen-bond acceptors (Lipinski definition) is 9. The third kappa shape index (κ3) is 6.12. The summed E-state index contributed by atoms with van der Waals surface area (Å²) < 4.78 is 5.58. The number of aromatic nitrogens is 4. The predicted octanol–water partition coefficient (Wildman–Crippen LogP) is 2.02. The third-order valence-electron chi connectivity index (χ3n) is 6.43. The van der Waals surface area contributed by atoms with E-state index in [1.807, 2.05) is 49.3 Å². The number of benzene rings is 1. The maximum Gasteiger partial charge on any atom is 0.319 e. The lowest BCUT2D eigenvalue weighted by molar-refractivity contribution is 0.122. The molecule has 11 heteroatoms. The second-order valence-electron chi connectivity index (χ2n) is 9.38. The lowest BCUT2D eigenvalue weighted by Gasteiger charge is -2.34. The van der Waals surface area contributed by atoms with E-state index in [1.165, 1.54) is 5.56 Å². The van der Waals surface area contributed by atoms with Crippen LogP contribution in [0.15, 0.2) is 42.7 Å². The maximum atomic E-state index is 12.2. The highest BCUT2D eigenvalue weighted by molar-refractivity contribution is 5.89. The van der Waals surface area contributed by atoms with Gasteiger partial charge in [-0.05, 0) is 50.8 Å². The molecule has 2 N–H and O–H groups in total. The van der Waals surface area contributed by atoms with Gasteiger partial charge < -0.3 is 30.1 Å². The van der Waals surface area contributed by atoms with Crippen LogP contribution in [0.2, 0.25) is 0 Å². The first-order chi connectivity index (χ1) is 18.1. The summed E-state index contributed by atoms with van der Waals surface area (Å²) in [5.74, 6) is 2.36. The Bertz CT molecular complexity index is 1200. The van der Waals surface area contributed by atoms with Crippen molar-refractivity contribution in [2.75, 3.05) is 75.1 Å². The number of carbonyl (C=O) groups is 1. The molecule has 2 aliphatic heterocycles. The highest BCUT2D eigenvalue weighted by atomic mass is 16.5. The van der Waals surface area contributed by atoms with Gasteiger partial charge in [-0.25, -0.2) is 24.7 Å². The smallest absolute Gasteiger partial charge is 0.319 e. The largest absolute Gasteiger partial charge is 0.378 e. The number of nitrogens with zero attached hydrogens (tertiary/aromatic N) is 7. The van der Waals surface area contributed by atoms with Crippen LogP contribution in [0.4, 0.5) is 22.2 Å². The molecule has 0 bridgehead atoms. The van der Waals surface area contributed by atoms with Crippen LogP contribution in [-0.4, -0.2) is 90.9 Å². The summed E-state index contributed by atoms with van der Waals surface area (Å²) >= 11 is 0. The second-order valence-corrected chi connectivity index (χ2v) is 9.38. The summed E-state index contributed by atoms with van der Waals surface area (Å²) in [4.78, 5) is 37.5. The maximum absolute atomic E-state index is 12.2. The summed E-state index contributed by atoms with van der Waals surface area (Å²) in [7, 11) is 3.94. The van der Waals surface area contributed by atoms with E-state index in [4.69, 9.17) is 14.7 Å². The summed E-state index contributed by atoms with van der Waals surface area (Å²) in [5, 5.41) is 5.74. The standard InChI is InChI=1S/C26H33N9O2/c1-33(2)13-11-29-26(36)30-20-6-4-19(5-7-20)23-31-22-18-35(25-27-9-3-10-28-25)12-8-21(22)24(32-23)34-14-16-37-17-15-34/h3-7,9-10H,8,11-18H2,1-2H3,(H2,29,30,36). The van der Waals surface area contributed by atoms with Crippen LogP contribution in [0.25, 0.3) is 11.4 Å². The van der Waals surface area contributed by atoms with Gasteiger partial charge in [0.25, 0.3) is 0 Å². The molecular weight excluding hydrogens is 470 g/mol. The monoisotopic (exact) mass is 503 g/mol. The van der Waals surface area contributed by atoms with E-state index in [1.54, 1.807) is 12.4 Å². The summed E-state index contributed by atoms with van der Waals surface area (Å²) in [6.07, 6.45) is 4.35. The van der Waals surface area contributed by atoms with Crippen LogP contribution in [0.1, 0.15) is 11.3 Å². The molecule has 0 unspecified atom stereocenters. The van der Waals surface area contributed by atoms with Crippen LogP contribution in [-0.2, 0) is 17.7 Å². The molecule has 1 aromatic carbocycles. The van der Waals surface area contributed by atoms with E-state index in [0.717, 1.165) is 49.7 Å². The van der Waals surface area contributed by atoms with Gasteiger partial charge in [-0.15, -0.1) is 0 Å². The number of amides is 2. The SMILES string of the molecule is CN(C)CCNC(=O)Nc1ccc(-c2nc3c(c(N4CCOCC4)n2)CCN(c2ncccn2)C3)cc1. The molecule has 3 aromatic rings. The molecule has 1 saturated heterocycles. The first-order valence-corrected chi connectivity index (χ1v) is 12.6. The molecule has 2 aliphatic rings. The first-order valence-electron chi connectivity index (χ1n) is 12.6. The molecular formula is C26H33N9O2. The molecule has 4 heterocycles. The van der Waals surface area contributed by atoms with Crippen molar-refractivity contribution >= 4 is 23.5 Å². The fourth-order valence-electron chi connectivity index (χ4n) is 4.47. The van der Waals surface area contributed by atoms with Gasteiger partial charge in [0.15, 0.2) is 5.82 Å². The van der Waals surface area contributed by atoms with E-state index in [9.17, 15) is 4.79 Å². The predicted molar refractivity (Wildman–Crippen MR) is 143 cm³/mol. The quantitative estimate of drug-likeness (QED) is 0.500. The summed E-state index contributed by atoms with van der Waals surface area (Å²) in [6.45, 7) is 5.79. The Balaban J connectivity index is 1.38. The molecule has 5 rings (SSSR count). The molecule has 0 saturated carbocycles. The van der Waals surface area contributed by atoms with Crippen molar-refractivity contribution in [2.24, 2.45) is 0 Å². The lowest BCUT2D eigenvalue weighted by atomic mass is 10.0. The van der Waals surface area contributed by atoms with Crippen LogP contribution < -0.4 is 20.4 Å². The molecule has 1 fully saturated rings. The van der Waals surface area contributed by atoms with Gasteiger partial charge in [-0.2, -0.15) is 0 Å². The van der Waals surface area contributed by atoms with Crippen molar-refractivity contribution in [3.8, 4) is 11.4 Å². The average molecular weight is 504 g/mol. The van der Waals surface area contributed by atoms with Crippen molar-refractivity contribution in [1.82, 2.24) is 30.2 Å². The number of likely N-dealkylation sites (N-methyl/N-ethyl adjacent to an activating group) is 1. The Kier molecular flexibility index (Phi) is 7.71. The normalized spacial score (nSPS) is 15.4. The van der Waals surface area contributed by atoms with E-state index >= 15 is 0 Å². The van der Waals surface area contributed by atoms with E-state index in [2.05, 4.69) is 30.4 Å². The summed E-state index contributed by atoms with van der Waals surface area (Å²) in [5.41, 5.74) is 3.78. The van der Waals surface area contributed by atoms with Gasteiger partial charge in [-0.3, -0.25) is 0 Å². The van der Waals surface area contributed by atoms with Crippen molar-refractivity contribution in [3.63, 3.8) is 0 Å². The van der Waals surface area contributed by atoms with E-state index < -0.39 is 0 Å². The molecule has 0 aliphatic carbocycles. The Morgan fingerprint density at radius 2 is 1.78 bits per heavy atom. The Labute approximate surface area is 216 Å². The molecule has 0 spiro atoms. The van der Waals surface area contributed by atoms with Crippen LogP contribution in [0.3, 0.4) is 0 Å². The van der Waals surface area contributed by atoms with Crippen LogP contribution in [0, 0.1) is 0 Å². The van der Waals surface area contributed by atoms with E-state index in [0.29, 0.717) is 43.8 Å². The van der Waals surface area contributed by atoms with Crippen molar-refractivity contribution in [1.29, 1.82) is 0 Å².